The Hall–Kier alpha value is -3.46. The smallest absolute Gasteiger partial charge is 0.227 e. The molecular weight excluding hydrogens is 368 g/mol. The molecule has 5 aromatic rings. The normalized spacial score (nSPS) is 11.6. The summed E-state index contributed by atoms with van der Waals surface area (Å²) in [6.45, 7) is 8.54. The minimum absolute atomic E-state index is 0.472. The van der Waals surface area contributed by atoms with Gasteiger partial charge in [0.25, 0.3) is 0 Å². The number of nitrogens with zero attached hydrogens (tertiary/aromatic N) is 2. The summed E-state index contributed by atoms with van der Waals surface area (Å²) in [5.74, 6) is 0.472. The Labute approximate surface area is 176 Å². The first-order valence-corrected chi connectivity index (χ1v) is 10.4. The third kappa shape index (κ3) is 2.98. The van der Waals surface area contributed by atoms with Gasteiger partial charge in [-0.3, -0.25) is 4.98 Å². The van der Waals surface area contributed by atoms with Crippen molar-refractivity contribution in [2.75, 3.05) is 0 Å². The van der Waals surface area contributed by atoms with Crippen molar-refractivity contribution in [3.63, 3.8) is 0 Å². The Balaban J connectivity index is 1.81. The van der Waals surface area contributed by atoms with Gasteiger partial charge in [-0.05, 0) is 54.7 Å². The summed E-state index contributed by atoms with van der Waals surface area (Å²) in [5, 5.41) is 2.11. The van der Waals surface area contributed by atoms with Gasteiger partial charge in [-0.1, -0.05) is 56.3 Å². The van der Waals surface area contributed by atoms with Crippen LogP contribution in [0.2, 0.25) is 0 Å². The van der Waals surface area contributed by atoms with Crippen LogP contribution < -0.4 is 0 Å². The van der Waals surface area contributed by atoms with Gasteiger partial charge in [0.15, 0.2) is 0 Å². The van der Waals surface area contributed by atoms with Gasteiger partial charge in [0.1, 0.15) is 5.58 Å². The highest BCUT2D eigenvalue weighted by Crippen LogP contribution is 2.40. The maximum Gasteiger partial charge on any atom is 0.227 e. The minimum atomic E-state index is 0.472. The van der Waals surface area contributed by atoms with Crippen molar-refractivity contribution in [3.05, 3.63) is 83.7 Å². The maximum absolute atomic E-state index is 6.30. The largest absolute Gasteiger partial charge is 0.437 e. The first-order valence-electron chi connectivity index (χ1n) is 10.4. The Morgan fingerprint density at radius 3 is 2.53 bits per heavy atom. The van der Waals surface area contributed by atoms with Gasteiger partial charge < -0.3 is 4.42 Å². The molecule has 3 heteroatoms. The molecule has 0 unspecified atom stereocenters. The van der Waals surface area contributed by atoms with E-state index in [9.17, 15) is 0 Å². The SMILES string of the molecule is Cc1ccc2c(n1)oc1c(-c3ncccc3-c3cccc(C(C)C)c3)c(C)ccc12. The summed E-state index contributed by atoms with van der Waals surface area (Å²) in [4.78, 5) is 9.42. The van der Waals surface area contributed by atoms with E-state index < -0.39 is 0 Å². The summed E-state index contributed by atoms with van der Waals surface area (Å²) in [6.07, 6.45) is 1.86. The number of furan rings is 1. The lowest BCUT2D eigenvalue weighted by atomic mass is 9.92. The first kappa shape index (κ1) is 18.6. The predicted octanol–water partition coefficient (Wildman–Crippen LogP) is 7.45. The molecule has 30 heavy (non-hydrogen) atoms. The molecule has 0 N–H and O–H groups in total. The molecule has 2 aromatic carbocycles. The van der Waals surface area contributed by atoms with Crippen LogP contribution in [0.3, 0.4) is 0 Å². The highest BCUT2D eigenvalue weighted by Gasteiger charge is 2.19. The van der Waals surface area contributed by atoms with Crippen molar-refractivity contribution in [2.24, 2.45) is 0 Å². The second-order valence-electron chi connectivity index (χ2n) is 8.22. The molecule has 0 bridgehead atoms. The van der Waals surface area contributed by atoms with E-state index in [1.165, 1.54) is 11.1 Å². The Morgan fingerprint density at radius 1 is 0.867 bits per heavy atom. The summed E-state index contributed by atoms with van der Waals surface area (Å²) in [7, 11) is 0. The van der Waals surface area contributed by atoms with Crippen LogP contribution >= 0.6 is 0 Å². The number of hydrogen-bond donors (Lipinski definition) is 0. The van der Waals surface area contributed by atoms with Crippen molar-refractivity contribution in [3.8, 4) is 22.4 Å². The van der Waals surface area contributed by atoms with E-state index in [1.54, 1.807) is 0 Å². The number of pyridine rings is 2. The molecule has 0 radical (unpaired) electrons. The van der Waals surface area contributed by atoms with Crippen LogP contribution in [0.15, 0.2) is 71.3 Å². The molecule has 0 aliphatic heterocycles. The summed E-state index contributed by atoms with van der Waals surface area (Å²) < 4.78 is 6.30. The number of fused-ring (bicyclic) bond motifs is 3. The fourth-order valence-electron chi connectivity index (χ4n) is 4.11. The molecule has 0 saturated heterocycles. The van der Waals surface area contributed by atoms with E-state index in [1.807, 2.05) is 25.3 Å². The van der Waals surface area contributed by atoms with Crippen molar-refractivity contribution in [1.29, 1.82) is 0 Å². The molecule has 0 aliphatic rings. The van der Waals surface area contributed by atoms with Gasteiger partial charge in [0, 0.05) is 33.8 Å². The molecule has 0 amide bonds. The standard InChI is InChI=1S/C27H24N2O/c1-16(2)19-7-5-8-20(15-19)21-9-6-14-28-25(21)24-17(3)10-12-22-23-13-11-18(4)29-27(23)30-26(22)24/h5-16H,1-4H3. The Morgan fingerprint density at radius 2 is 1.70 bits per heavy atom. The molecule has 0 spiro atoms. The monoisotopic (exact) mass is 392 g/mol. The molecule has 148 valence electrons. The van der Waals surface area contributed by atoms with Crippen LogP contribution in [-0.2, 0) is 0 Å². The quantitative estimate of drug-likeness (QED) is 0.320. The molecule has 3 aromatic heterocycles. The maximum atomic E-state index is 6.30. The fourth-order valence-corrected chi connectivity index (χ4v) is 4.11. The topological polar surface area (TPSA) is 38.9 Å². The summed E-state index contributed by atoms with van der Waals surface area (Å²) in [5.41, 5.74) is 9.19. The molecule has 0 saturated carbocycles. The summed E-state index contributed by atoms with van der Waals surface area (Å²) >= 11 is 0. The zero-order valence-corrected chi connectivity index (χ0v) is 17.7. The van der Waals surface area contributed by atoms with Gasteiger partial charge in [-0.2, -0.15) is 0 Å². The van der Waals surface area contributed by atoms with Crippen LogP contribution in [0.4, 0.5) is 0 Å². The molecule has 0 aliphatic carbocycles. The fraction of sp³-hybridized carbons (Fsp3) is 0.185. The summed E-state index contributed by atoms with van der Waals surface area (Å²) in [6, 6.07) is 21.3. The zero-order valence-electron chi connectivity index (χ0n) is 17.7. The molecule has 3 heterocycles. The van der Waals surface area contributed by atoms with Crippen molar-refractivity contribution in [1.82, 2.24) is 9.97 Å². The van der Waals surface area contributed by atoms with E-state index in [-0.39, 0.29) is 0 Å². The van der Waals surface area contributed by atoms with Crippen LogP contribution in [-0.4, -0.2) is 9.97 Å². The van der Waals surface area contributed by atoms with Crippen LogP contribution in [0.1, 0.15) is 36.6 Å². The average molecular weight is 393 g/mol. The minimum Gasteiger partial charge on any atom is -0.437 e. The van der Waals surface area contributed by atoms with Crippen LogP contribution in [0, 0.1) is 13.8 Å². The van der Waals surface area contributed by atoms with E-state index in [0.29, 0.717) is 11.6 Å². The Bertz CT molecular complexity index is 1400. The number of hydrogen-bond acceptors (Lipinski definition) is 3. The first-order chi connectivity index (χ1) is 14.5. The predicted molar refractivity (Wildman–Crippen MR) is 124 cm³/mol. The average Bonchev–Trinajstić information content (AvgIpc) is 3.11. The van der Waals surface area contributed by atoms with Crippen LogP contribution in [0.25, 0.3) is 44.5 Å². The number of aromatic nitrogens is 2. The number of rotatable bonds is 3. The molecule has 5 rings (SSSR count). The second-order valence-corrected chi connectivity index (χ2v) is 8.22. The van der Waals surface area contributed by atoms with Crippen molar-refractivity contribution >= 4 is 22.1 Å². The van der Waals surface area contributed by atoms with E-state index in [0.717, 1.165) is 44.4 Å². The third-order valence-electron chi connectivity index (χ3n) is 5.76. The van der Waals surface area contributed by atoms with Crippen molar-refractivity contribution < 1.29 is 4.42 Å². The number of benzene rings is 2. The molecule has 3 nitrogen and oxygen atoms in total. The zero-order chi connectivity index (χ0) is 20.8. The number of aryl methyl sites for hydroxylation is 2. The van der Waals surface area contributed by atoms with Gasteiger partial charge in [0.2, 0.25) is 5.71 Å². The van der Waals surface area contributed by atoms with Gasteiger partial charge in [0.05, 0.1) is 5.69 Å². The Kier molecular flexibility index (Phi) is 4.39. The lowest BCUT2D eigenvalue weighted by Gasteiger charge is -2.13. The van der Waals surface area contributed by atoms with E-state index in [2.05, 4.69) is 74.3 Å². The lowest BCUT2D eigenvalue weighted by Crippen LogP contribution is -1.93. The highest BCUT2D eigenvalue weighted by molar-refractivity contribution is 6.10. The molecule has 0 atom stereocenters. The van der Waals surface area contributed by atoms with Crippen LogP contribution in [0.5, 0.6) is 0 Å². The van der Waals surface area contributed by atoms with E-state index in [4.69, 9.17) is 9.40 Å². The van der Waals surface area contributed by atoms with Gasteiger partial charge in [-0.25, -0.2) is 4.98 Å². The van der Waals surface area contributed by atoms with E-state index >= 15 is 0 Å². The molecular formula is C27H24N2O. The van der Waals surface area contributed by atoms with Crippen molar-refractivity contribution in [2.45, 2.75) is 33.6 Å². The highest BCUT2D eigenvalue weighted by atomic mass is 16.3. The van der Waals surface area contributed by atoms with Gasteiger partial charge >= 0.3 is 0 Å². The van der Waals surface area contributed by atoms with Gasteiger partial charge in [-0.15, -0.1) is 0 Å². The molecule has 0 fully saturated rings. The lowest BCUT2D eigenvalue weighted by molar-refractivity contribution is 0.653. The second kappa shape index (κ2) is 7.10. The third-order valence-corrected chi connectivity index (χ3v) is 5.76.